The highest BCUT2D eigenvalue weighted by atomic mass is 32.2. The van der Waals surface area contributed by atoms with Crippen molar-refractivity contribution in [2.45, 2.75) is 30.3 Å². The summed E-state index contributed by atoms with van der Waals surface area (Å²) in [6.45, 7) is 0. The lowest BCUT2D eigenvalue weighted by Gasteiger charge is -2.15. The van der Waals surface area contributed by atoms with Crippen molar-refractivity contribution in [2.75, 3.05) is 7.11 Å². The normalized spacial score (nSPS) is 12.5. The molecule has 0 aliphatic carbocycles. The molecule has 0 saturated carbocycles. The predicted molar refractivity (Wildman–Crippen MR) is 89.9 cm³/mol. The van der Waals surface area contributed by atoms with Gasteiger partial charge < -0.3 is 4.74 Å². The average Bonchev–Trinajstić information content (AvgIpc) is 2.62. The highest BCUT2D eigenvalue weighted by Crippen LogP contribution is 2.18. The van der Waals surface area contributed by atoms with Gasteiger partial charge in [0.05, 0.1) is 12.0 Å². The molecule has 0 saturated heterocycles. The van der Waals surface area contributed by atoms with Gasteiger partial charge in [0.1, 0.15) is 0 Å². The van der Waals surface area contributed by atoms with Crippen molar-refractivity contribution >= 4 is 16.1 Å². The van der Waals surface area contributed by atoms with Crippen LogP contribution in [0.5, 0.6) is 0 Å². The van der Waals surface area contributed by atoms with Crippen LogP contribution in [0.25, 0.3) is 0 Å². The third-order valence-corrected chi connectivity index (χ3v) is 4.85. The fraction of sp³-hybridized carbons (Fsp3) is 0.278. The number of hydrogen-bond donors (Lipinski definition) is 0. The lowest BCUT2D eigenvalue weighted by molar-refractivity contribution is -0.149. The molecular weight excluding hydrogens is 328 g/mol. The molecule has 2 rings (SSSR count). The van der Waals surface area contributed by atoms with E-state index in [1.807, 2.05) is 30.3 Å². The van der Waals surface area contributed by atoms with E-state index in [1.54, 1.807) is 18.2 Å². The Balaban J connectivity index is 2.02. The van der Waals surface area contributed by atoms with Crippen LogP contribution in [0.3, 0.4) is 0 Å². The van der Waals surface area contributed by atoms with Crippen molar-refractivity contribution in [3.8, 4) is 0 Å². The van der Waals surface area contributed by atoms with Crippen LogP contribution in [0.1, 0.15) is 18.4 Å². The second-order valence-electron chi connectivity index (χ2n) is 5.25. The Labute approximate surface area is 142 Å². The molecule has 0 radical (unpaired) electrons. The molecule has 0 heterocycles. The molecule has 2 aromatic carbocycles. The maximum absolute atomic E-state index is 12.3. The van der Waals surface area contributed by atoms with E-state index in [-0.39, 0.29) is 11.3 Å². The molecule has 24 heavy (non-hydrogen) atoms. The summed E-state index contributed by atoms with van der Waals surface area (Å²) < 4.78 is 34.3. The summed E-state index contributed by atoms with van der Waals surface area (Å²) in [5, 5.41) is 0. The third kappa shape index (κ3) is 5.18. The van der Waals surface area contributed by atoms with Crippen LogP contribution in [0.4, 0.5) is 0 Å². The van der Waals surface area contributed by atoms with Crippen molar-refractivity contribution in [1.82, 2.24) is 0 Å². The van der Waals surface area contributed by atoms with Gasteiger partial charge in [-0.3, -0.25) is 4.18 Å². The molecule has 0 aromatic heterocycles. The zero-order chi connectivity index (χ0) is 17.4. The Morgan fingerprint density at radius 1 is 1.00 bits per heavy atom. The molecular formula is C18H20O5S. The maximum Gasteiger partial charge on any atom is 0.336 e. The maximum atomic E-state index is 12.3. The highest BCUT2D eigenvalue weighted by molar-refractivity contribution is 7.86. The smallest absolute Gasteiger partial charge is 0.336 e. The first-order chi connectivity index (χ1) is 11.5. The summed E-state index contributed by atoms with van der Waals surface area (Å²) in [6.07, 6.45) is 0.439. The van der Waals surface area contributed by atoms with Gasteiger partial charge in [0, 0.05) is 0 Å². The second kappa shape index (κ2) is 8.61. The highest BCUT2D eigenvalue weighted by Gasteiger charge is 2.27. The Morgan fingerprint density at radius 3 is 2.17 bits per heavy atom. The third-order valence-electron chi connectivity index (χ3n) is 3.51. The summed E-state index contributed by atoms with van der Waals surface area (Å²) in [5.74, 6) is -0.692. The number of carbonyl (C=O) groups excluding carboxylic acids is 1. The minimum absolute atomic E-state index is 0.0157. The SMILES string of the molecule is COC(=O)[C@@H](CCCc1ccccc1)OS(=O)(=O)c1ccccc1. The van der Waals surface area contributed by atoms with Crippen LogP contribution in [0, 0.1) is 0 Å². The minimum Gasteiger partial charge on any atom is -0.467 e. The van der Waals surface area contributed by atoms with Crippen LogP contribution in [0.2, 0.25) is 0 Å². The fourth-order valence-corrected chi connectivity index (χ4v) is 3.35. The quantitative estimate of drug-likeness (QED) is 0.542. The molecule has 6 heteroatoms. The van der Waals surface area contributed by atoms with Crippen molar-refractivity contribution in [2.24, 2.45) is 0 Å². The van der Waals surface area contributed by atoms with Gasteiger partial charge in [-0.15, -0.1) is 0 Å². The molecule has 128 valence electrons. The molecule has 0 spiro atoms. The first-order valence-electron chi connectivity index (χ1n) is 7.63. The molecule has 0 fully saturated rings. The van der Waals surface area contributed by atoms with E-state index in [0.29, 0.717) is 6.42 Å². The van der Waals surface area contributed by atoms with Gasteiger partial charge in [0.25, 0.3) is 10.1 Å². The number of benzene rings is 2. The van der Waals surface area contributed by atoms with Gasteiger partial charge in [-0.05, 0) is 37.0 Å². The van der Waals surface area contributed by atoms with Crippen LogP contribution in [0.15, 0.2) is 65.6 Å². The van der Waals surface area contributed by atoms with Crippen molar-refractivity contribution < 1.29 is 22.1 Å². The monoisotopic (exact) mass is 348 g/mol. The van der Waals surface area contributed by atoms with Gasteiger partial charge in [-0.25, -0.2) is 4.79 Å². The topological polar surface area (TPSA) is 69.7 Å². The minimum atomic E-state index is -4.01. The number of methoxy groups -OCH3 is 1. The summed E-state index contributed by atoms with van der Waals surface area (Å²) in [5.41, 5.74) is 1.12. The fourth-order valence-electron chi connectivity index (χ4n) is 2.27. The van der Waals surface area contributed by atoms with Crippen molar-refractivity contribution in [1.29, 1.82) is 0 Å². The number of esters is 1. The molecule has 0 aliphatic rings. The zero-order valence-electron chi connectivity index (χ0n) is 13.4. The molecule has 0 aliphatic heterocycles. The summed E-state index contributed by atoms with van der Waals surface area (Å²) >= 11 is 0. The van der Waals surface area contributed by atoms with Crippen LogP contribution in [-0.2, 0) is 30.3 Å². The largest absolute Gasteiger partial charge is 0.467 e. The van der Waals surface area contributed by atoms with E-state index in [4.69, 9.17) is 4.18 Å². The first kappa shape index (κ1) is 18.2. The Kier molecular flexibility index (Phi) is 6.52. The molecule has 2 aromatic rings. The first-order valence-corrected chi connectivity index (χ1v) is 9.04. The molecule has 0 N–H and O–H groups in total. The molecule has 0 bridgehead atoms. The molecule has 0 unspecified atom stereocenters. The van der Waals surface area contributed by atoms with Crippen molar-refractivity contribution in [3.63, 3.8) is 0 Å². The molecule has 0 amide bonds. The van der Waals surface area contributed by atoms with E-state index >= 15 is 0 Å². The summed E-state index contributed by atoms with van der Waals surface area (Å²) in [7, 11) is -2.80. The van der Waals surface area contributed by atoms with Crippen molar-refractivity contribution in [3.05, 3.63) is 66.2 Å². The van der Waals surface area contributed by atoms with Gasteiger partial charge >= 0.3 is 5.97 Å². The standard InChI is InChI=1S/C18H20O5S/c1-22-18(19)17(14-8-11-15-9-4-2-5-10-15)23-24(20,21)16-12-6-3-7-13-16/h2-7,9-10,12-13,17H,8,11,14H2,1H3/t17-/m1/s1. The number of carbonyl (C=O) groups is 1. The van der Waals surface area contributed by atoms with Gasteiger partial charge in [0.15, 0.2) is 6.10 Å². The van der Waals surface area contributed by atoms with E-state index < -0.39 is 22.2 Å². The lowest BCUT2D eigenvalue weighted by atomic mass is 10.1. The van der Waals surface area contributed by atoms with Crippen LogP contribution in [-0.4, -0.2) is 27.6 Å². The van der Waals surface area contributed by atoms with E-state index in [9.17, 15) is 13.2 Å². The number of aryl methyl sites for hydroxylation is 1. The van der Waals surface area contributed by atoms with E-state index in [0.717, 1.165) is 12.0 Å². The Morgan fingerprint density at radius 2 is 1.58 bits per heavy atom. The second-order valence-corrected chi connectivity index (χ2v) is 6.83. The van der Waals surface area contributed by atoms with Crippen LogP contribution >= 0.6 is 0 Å². The number of rotatable bonds is 8. The van der Waals surface area contributed by atoms with E-state index in [1.165, 1.54) is 19.2 Å². The molecule has 1 atom stereocenters. The number of ether oxygens (including phenoxy) is 1. The zero-order valence-corrected chi connectivity index (χ0v) is 14.2. The van der Waals surface area contributed by atoms with E-state index in [2.05, 4.69) is 4.74 Å². The molecule has 5 nitrogen and oxygen atoms in total. The summed E-state index contributed by atoms with van der Waals surface area (Å²) in [4.78, 5) is 11.9. The van der Waals surface area contributed by atoms with Gasteiger partial charge in [0.2, 0.25) is 0 Å². The van der Waals surface area contributed by atoms with Crippen LogP contribution < -0.4 is 0 Å². The van der Waals surface area contributed by atoms with Gasteiger partial charge in [-0.2, -0.15) is 8.42 Å². The summed E-state index contributed by atoms with van der Waals surface area (Å²) in [6, 6.07) is 17.5. The Hall–Kier alpha value is -2.18. The Bertz CT molecular complexity index is 741. The predicted octanol–water partition coefficient (Wildman–Crippen LogP) is 2.96. The van der Waals surface area contributed by atoms with Gasteiger partial charge in [-0.1, -0.05) is 48.5 Å². The number of hydrogen-bond acceptors (Lipinski definition) is 5. The average molecular weight is 348 g/mol. The lowest BCUT2D eigenvalue weighted by Crippen LogP contribution is -2.28.